The van der Waals surface area contributed by atoms with Crippen molar-refractivity contribution in [2.75, 3.05) is 37.6 Å². The van der Waals surface area contributed by atoms with Crippen molar-refractivity contribution in [1.82, 2.24) is 10.2 Å². The highest BCUT2D eigenvalue weighted by Gasteiger charge is 2.45. The Morgan fingerprint density at radius 3 is 2.43 bits per heavy atom. The largest absolute Gasteiger partial charge is 0.352 e. The van der Waals surface area contributed by atoms with Gasteiger partial charge in [0.1, 0.15) is 0 Å². The van der Waals surface area contributed by atoms with Crippen LogP contribution in [0.25, 0.3) is 10.8 Å². The predicted molar refractivity (Wildman–Crippen MR) is 140 cm³/mol. The van der Waals surface area contributed by atoms with Crippen molar-refractivity contribution >= 4 is 28.3 Å². The Kier molecular flexibility index (Phi) is 5.81. The van der Waals surface area contributed by atoms with Crippen LogP contribution in [0, 0.1) is 5.92 Å². The summed E-state index contributed by atoms with van der Waals surface area (Å²) in [5.74, 6) is 0.177. The van der Waals surface area contributed by atoms with Crippen molar-refractivity contribution in [1.29, 1.82) is 0 Å². The molecule has 0 bridgehead atoms. The number of carbonyl (C=O) groups is 2. The number of nitrogens with zero attached hydrogens (tertiary/aromatic N) is 2. The maximum atomic E-state index is 12.8. The summed E-state index contributed by atoms with van der Waals surface area (Å²) in [7, 11) is 0. The number of hydrogen-bond donors (Lipinski definition) is 1. The molecule has 35 heavy (non-hydrogen) atoms. The van der Waals surface area contributed by atoms with Crippen LogP contribution in [0.15, 0.2) is 66.7 Å². The van der Waals surface area contributed by atoms with E-state index in [0.29, 0.717) is 30.5 Å². The van der Waals surface area contributed by atoms with Gasteiger partial charge in [-0.3, -0.25) is 9.59 Å². The van der Waals surface area contributed by atoms with E-state index in [4.69, 9.17) is 0 Å². The van der Waals surface area contributed by atoms with Crippen LogP contribution in [0.5, 0.6) is 0 Å². The summed E-state index contributed by atoms with van der Waals surface area (Å²) in [6.45, 7) is 4.80. The molecule has 1 aliphatic carbocycles. The number of fused-ring (bicyclic) bond motifs is 1. The zero-order valence-corrected chi connectivity index (χ0v) is 20.2. The summed E-state index contributed by atoms with van der Waals surface area (Å²) >= 11 is 0. The van der Waals surface area contributed by atoms with Crippen LogP contribution in [0.1, 0.15) is 48.0 Å². The van der Waals surface area contributed by atoms with Gasteiger partial charge in [-0.05, 0) is 79.4 Å². The molecule has 3 aromatic rings. The van der Waals surface area contributed by atoms with Crippen LogP contribution < -0.4 is 10.2 Å². The molecular formula is C30H33N3O2. The molecule has 3 aliphatic rings. The van der Waals surface area contributed by atoms with E-state index in [1.807, 2.05) is 47.4 Å². The molecule has 0 radical (unpaired) electrons. The number of likely N-dealkylation sites (tertiary alicyclic amines) is 1. The first-order valence-electron chi connectivity index (χ1n) is 13.0. The highest BCUT2D eigenvalue weighted by Crippen LogP contribution is 2.49. The normalized spacial score (nSPS) is 21.5. The van der Waals surface area contributed by atoms with Gasteiger partial charge in [0.2, 0.25) is 5.91 Å². The molecule has 5 nitrogen and oxygen atoms in total. The van der Waals surface area contributed by atoms with Gasteiger partial charge in [-0.1, -0.05) is 42.5 Å². The number of amides is 2. The molecule has 2 aliphatic heterocycles. The van der Waals surface area contributed by atoms with Crippen LogP contribution in [-0.2, 0) is 10.2 Å². The van der Waals surface area contributed by atoms with Gasteiger partial charge < -0.3 is 15.1 Å². The van der Waals surface area contributed by atoms with Crippen molar-refractivity contribution < 1.29 is 9.59 Å². The SMILES string of the molecule is O=C(NCC1CC(=O)N(c2ccc(C3(CN4CCCC4)CC3)cc2)C1)c1ccc2ccccc2c1. The molecule has 0 spiro atoms. The maximum absolute atomic E-state index is 12.8. The molecule has 3 aromatic carbocycles. The van der Waals surface area contributed by atoms with Gasteiger partial charge in [0.25, 0.3) is 5.91 Å². The zero-order chi connectivity index (χ0) is 23.8. The Hall–Kier alpha value is -3.18. The lowest BCUT2D eigenvalue weighted by atomic mass is 9.95. The molecule has 1 N–H and O–H groups in total. The monoisotopic (exact) mass is 467 g/mol. The molecule has 6 rings (SSSR count). The summed E-state index contributed by atoms with van der Waals surface area (Å²) in [5, 5.41) is 5.22. The van der Waals surface area contributed by atoms with E-state index in [0.717, 1.165) is 16.5 Å². The second-order valence-electron chi connectivity index (χ2n) is 10.7. The fourth-order valence-corrected chi connectivity index (χ4v) is 5.89. The topological polar surface area (TPSA) is 52.7 Å². The Labute approximate surface area is 207 Å². The summed E-state index contributed by atoms with van der Waals surface area (Å²) in [6.07, 6.45) is 5.67. The third-order valence-corrected chi connectivity index (χ3v) is 8.14. The Bertz CT molecular complexity index is 1240. The quantitative estimate of drug-likeness (QED) is 0.546. The lowest BCUT2D eigenvalue weighted by molar-refractivity contribution is -0.117. The molecule has 1 saturated carbocycles. The minimum atomic E-state index is -0.0845. The van der Waals surface area contributed by atoms with Gasteiger partial charge in [-0.2, -0.15) is 0 Å². The highest BCUT2D eigenvalue weighted by atomic mass is 16.2. The van der Waals surface area contributed by atoms with E-state index in [-0.39, 0.29) is 17.7 Å². The van der Waals surface area contributed by atoms with E-state index in [2.05, 4.69) is 34.5 Å². The second kappa shape index (κ2) is 9.12. The van der Waals surface area contributed by atoms with Crippen molar-refractivity contribution in [2.45, 2.75) is 37.5 Å². The third kappa shape index (κ3) is 4.57. The molecule has 2 heterocycles. The first kappa shape index (κ1) is 22.3. The van der Waals surface area contributed by atoms with Gasteiger partial charge in [0.05, 0.1) is 0 Å². The predicted octanol–water partition coefficient (Wildman–Crippen LogP) is 4.75. The van der Waals surface area contributed by atoms with E-state index in [1.54, 1.807) is 0 Å². The van der Waals surface area contributed by atoms with Crippen molar-refractivity contribution in [3.8, 4) is 0 Å². The number of carbonyl (C=O) groups excluding carboxylic acids is 2. The van der Waals surface area contributed by atoms with Gasteiger partial charge in [-0.25, -0.2) is 0 Å². The van der Waals surface area contributed by atoms with E-state index < -0.39 is 0 Å². The van der Waals surface area contributed by atoms with Crippen molar-refractivity contribution in [3.63, 3.8) is 0 Å². The fourth-order valence-electron chi connectivity index (χ4n) is 5.89. The van der Waals surface area contributed by atoms with Crippen molar-refractivity contribution in [2.24, 2.45) is 5.92 Å². The number of rotatable bonds is 7. The number of hydrogen-bond acceptors (Lipinski definition) is 3. The van der Waals surface area contributed by atoms with E-state index in [1.165, 1.54) is 50.9 Å². The van der Waals surface area contributed by atoms with Crippen LogP contribution >= 0.6 is 0 Å². The van der Waals surface area contributed by atoms with Crippen LogP contribution in [-0.4, -0.2) is 49.4 Å². The van der Waals surface area contributed by atoms with Crippen LogP contribution in [0.3, 0.4) is 0 Å². The molecule has 5 heteroatoms. The number of anilines is 1. The van der Waals surface area contributed by atoms with E-state index in [9.17, 15) is 9.59 Å². The lowest BCUT2D eigenvalue weighted by Gasteiger charge is -2.24. The van der Waals surface area contributed by atoms with Crippen LogP contribution in [0.4, 0.5) is 5.69 Å². The Morgan fingerprint density at radius 2 is 1.69 bits per heavy atom. The molecule has 1 atom stereocenters. The first-order valence-corrected chi connectivity index (χ1v) is 13.0. The fraction of sp³-hybridized carbons (Fsp3) is 0.400. The molecule has 180 valence electrons. The van der Waals surface area contributed by atoms with Gasteiger partial charge >= 0.3 is 0 Å². The highest BCUT2D eigenvalue weighted by molar-refractivity contribution is 5.99. The lowest BCUT2D eigenvalue weighted by Crippen LogP contribution is -2.31. The first-order chi connectivity index (χ1) is 17.1. The summed E-state index contributed by atoms with van der Waals surface area (Å²) < 4.78 is 0. The Balaban J connectivity index is 1.06. The smallest absolute Gasteiger partial charge is 0.251 e. The average Bonchev–Trinajstić information content (AvgIpc) is 3.29. The molecule has 0 aromatic heterocycles. The average molecular weight is 468 g/mol. The van der Waals surface area contributed by atoms with Crippen LogP contribution in [0.2, 0.25) is 0 Å². The van der Waals surface area contributed by atoms with Gasteiger partial charge in [0.15, 0.2) is 0 Å². The van der Waals surface area contributed by atoms with Gasteiger partial charge in [-0.15, -0.1) is 0 Å². The van der Waals surface area contributed by atoms with E-state index >= 15 is 0 Å². The standard InChI is InChI=1S/C30H33N3O2/c34-28-17-22(19-31-29(35)25-8-7-23-5-1-2-6-24(23)18-25)20-33(28)27-11-9-26(10-12-27)30(13-14-30)21-32-15-3-4-16-32/h1-2,5-12,18,22H,3-4,13-17,19-21H2,(H,31,35). The zero-order valence-electron chi connectivity index (χ0n) is 20.2. The number of nitrogens with one attached hydrogen (secondary N) is 1. The Morgan fingerprint density at radius 1 is 0.943 bits per heavy atom. The van der Waals surface area contributed by atoms with Crippen molar-refractivity contribution in [3.05, 3.63) is 77.9 Å². The maximum Gasteiger partial charge on any atom is 0.251 e. The molecular weight excluding hydrogens is 434 g/mol. The number of benzene rings is 3. The molecule has 3 fully saturated rings. The minimum absolute atomic E-state index is 0.0845. The molecule has 2 amide bonds. The minimum Gasteiger partial charge on any atom is -0.352 e. The second-order valence-corrected chi connectivity index (χ2v) is 10.7. The van der Waals surface area contributed by atoms with Gasteiger partial charge in [0, 0.05) is 48.6 Å². The summed E-state index contributed by atoms with van der Waals surface area (Å²) in [6, 6.07) is 22.5. The summed E-state index contributed by atoms with van der Waals surface area (Å²) in [5.41, 5.74) is 3.37. The third-order valence-electron chi connectivity index (χ3n) is 8.14. The summed E-state index contributed by atoms with van der Waals surface area (Å²) in [4.78, 5) is 30.0. The molecule has 1 unspecified atom stereocenters. The molecule has 2 saturated heterocycles.